The van der Waals surface area contributed by atoms with Crippen molar-refractivity contribution >= 4 is 11.6 Å². The molecule has 172 valence electrons. The summed E-state index contributed by atoms with van der Waals surface area (Å²) in [7, 11) is 3.99. The predicted octanol–water partition coefficient (Wildman–Crippen LogP) is 1.31. The highest BCUT2D eigenvalue weighted by atomic mass is 16.6. The Kier molecular flexibility index (Phi) is 5.93. The summed E-state index contributed by atoms with van der Waals surface area (Å²) in [5.41, 5.74) is 2.01. The van der Waals surface area contributed by atoms with Crippen LogP contribution in [0, 0.1) is 0 Å². The van der Waals surface area contributed by atoms with E-state index in [4.69, 9.17) is 14.2 Å². The third-order valence-corrected chi connectivity index (χ3v) is 5.94. The van der Waals surface area contributed by atoms with Crippen LogP contribution in [0.4, 0.5) is 5.69 Å². The number of anilines is 1. The average molecular weight is 450 g/mol. The van der Waals surface area contributed by atoms with Crippen LogP contribution in [0.15, 0.2) is 54.6 Å². The molecule has 0 spiro atoms. The number of rotatable bonds is 7. The Labute approximate surface area is 191 Å². The molecular formula is C23H26N6O4. The lowest BCUT2D eigenvalue weighted by Gasteiger charge is -2.18. The van der Waals surface area contributed by atoms with Crippen LogP contribution in [0.5, 0.6) is 5.75 Å². The van der Waals surface area contributed by atoms with Gasteiger partial charge in [-0.2, -0.15) is 0 Å². The van der Waals surface area contributed by atoms with Gasteiger partial charge in [0.2, 0.25) is 0 Å². The molecule has 5 rings (SSSR count). The molecule has 3 aromatic rings. The summed E-state index contributed by atoms with van der Waals surface area (Å²) in [5, 5.41) is 15.3. The predicted molar refractivity (Wildman–Crippen MR) is 120 cm³/mol. The Bertz CT molecular complexity index is 1090. The van der Waals surface area contributed by atoms with Crippen LogP contribution in [0.2, 0.25) is 0 Å². The molecule has 10 nitrogen and oxygen atoms in total. The lowest BCUT2D eigenvalue weighted by atomic mass is 10.1. The lowest BCUT2D eigenvalue weighted by Crippen LogP contribution is -2.45. The molecule has 2 aliphatic heterocycles. The largest absolute Gasteiger partial charge is 0.484 e. The number of carbonyl (C=O) groups excluding carboxylic acids is 1. The maximum Gasteiger partial charge on any atom is 0.258 e. The van der Waals surface area contributed by atoms with Gasteiger partial charge in [-0.1, -0.05) is 18.2 Å². The van der Waals surface area contributed by atoms with Gasteiger partial charge in [-0.3, -0.25) is 4.79 Å². The highest BCUT2D eigenvalue weighted by molar-refractivity contribution is 5.78. The SMILES string of the molecule is CN(C)c1ccc(-c2nnnn2[C@@H]2CO[C@@H]3[C@@H]2OC[C@@H]3NC(=O)COc2ccccc2)cc1. The van der Waals surface area contributed by atoms with Crippen molar-refractivity contribution in [1.82, 2.24) is 25.5 Å². The summed E-state index contributed by atoms with van der Waals surface area (Å²) in [6.45, 7) is 0.690. The number of nitrogens with one attached hydrogen (secondary N) is 1. The first-order chi connectivity index (χ1) is 16.1. The molecule has 1 N–H and O–H groups in total. The fourth-order valence-corrected chi connectivity index (χ4v) is 4.24. The van der Waals surface area contributed by atoms with Crippen molar-refractivity contribution in [3.05, 3.63) is 54.6 Å². The molecule has 0 radical (unpaired) electrons. The van der Waals surface area contributed by atoms with E-state index in [0.29, 0.717) is 24.8 Å². The minimum Gasteiger partial charge on any atom is -0.484 e. The second kappa shape index (κ2) is 9.16. The zero-order chi connectivity index (χ0) is 22.8. The molecule has 33 heavy (non-hydrogen) atoms. The Morgan fingerprint density at radius 3 is 2.61 bits per heavy atom. The number of hydrogen-bond acceptors (Lipinski definition) is 8. The van der Waals surface area contributed by atoms with Crippen LogP contribution in [0.3, 0.4) is 0 Å². The first kappa shape index (κ1) is 21.4. The van der Waals surface area contributed by atoms with Crippen molar-refractivity contribution in [2.45, 2.75) is 24.3 Å². The first-order valence-corrected chi connectivity index (χ1v) is 10.9. The van der Waals surface area contributed by atoms with Gasteiger partial charge in [-0.25, -0.2) is 4.68 Å². The normalized spacial score (nSPS) is 23.8. The zero-order valence-electron chi connectivity index (χ0n) is 18.5. The number of para-hydroxylation sites is 1. The van der Waals surface area contributed by atoms with Crippen molar-refractivity contribution in [1.29, 1.82) is 0 Å². The number of tetrazole rings is 1. The number of aromatic nitrogens is 4. The van der Waals surface area contributed by atoms with Crippen molar-refractivity contribution in [3.63, 3.8) is 0 Å². The van der Waals surface area contributed by atoms with Crippen molar-refractivity contribution in [2.75, 3.05) is 38.8 Å². The third kappa shape index (κ3) is 4.39. The van der Waals surface area contributed by atoms with E-state index in [1.807, 2.05) is 73.6 Å². The second-order valence-corrected chi connectivity index (χ2v) is 8.33. The van der Waals surface area contributed by atoms with Gasteiger partial charge in [-0.05, 0) is 46.8 Å². The highest BCUT2D eigenvalue weighted by Crippen LogP contribution is 2.35. The van der Waals surface area contributed by atoms with E-state index in [-0.39, 0.29) is 36.8 Å². The number of fused-ring (bicyclic) bond motifs is 1. The van der Waals surface area contributed by atoms with E-state index in [2.05, 4.69) is 20.8 Å². The molecule has 2 saturated heterocycles. The van der Waals surface area contributed by atoms with Gasteiger partial charge in [0, 0.05) is 25.3 Å². The summed E-state index contributed by atoms with van der Waals surface area (Å²) >= 11 is 0. The van der Waals surface area contributed by atoms with Gasteiger partial charge in [0.25, 0.3) is 5.91 Å². The Morgan fingerprint density at radius 1 is 1.09 bits per heavy atom. The first-order valence-electron chi connectivity index (χ1n) is 10.9. The van der Waals surface area contributed by atoms with Crippen LogP contribution >= 0.6 is 0 Å². The Balaban J connectivity index is 1.23. The smallest absolute Gasteiger partial charge is 0.258 e. The third-order valence-electron chi connectivity index (χ3n) is 5.94. The Hall–Kier alpha value is -3.50. The summed E-state index contributed by atoms with van der Waals surface area (Å²) in [6, 6.07) is 16.8. The van der Waals surface area contributed by atoms with Crippen LogP contribution < -0.4 is 15.0 Å². The maximum absolute atomic E-state index is 12.4. The molecule has 0 saturated carbocycles. The highest BCUT2D eigenvalue weighted by Gasteiger charge is 2.50. The summed E-state index contributed by atoms with van der Waals surface area (Å²) in [6.07, 6.45) is -0.530. The van der Waals surface area contributed by atoms with Crippen LogP contribution in [-0.4, -0.2) is 78.3 Å². The van der Waals surface area contributed by atoms with Crippen molar-refractivity contribution < 1.29 is 19.0 Å². The van der Waals surface area contributed by atoms with Crippen LogP contribution in [0.25, 0.3) is 11.4 Å². The molecule has 0 bridgehead atoms. The van der Waals surface area contributed by atoms with E-state index >= 15 is 0 Å². The van der Waals surface area contributed by atoms with Crippen LogP contribution in [0.1, 0.15) is 6.04 Å². The number of hydrogen-bond donors (Lipinski definition) is 1. The second-order valence-electron chi connectivity index (χ2n) is 8.33. The number of carbonyl (C=O) groups is 1. The molecule has 1 aromatic heterocycles. The molecule has 0 unspecified atom stereocenters. The summed E-state index contributed by atoms with van der Waals surface area (Å²) < 4.78 is 19.3. The molecule has 4 atom stereocenters. The Morgan fingerprint density at radius 2 is 1.85 bits per heavy atom. The van der Waals surface area contributed by atoms with Crippen LogP contribution in [-0.2, 0) is 14.3 Å². The molecular weight excluding hydrogens is 424 g/mol. The topological polar surface area (TPSA) is 104 Å². The van der Waals surface area contributed by atoms with Gasteiger partial charge < -0.3 is 24.4 Å². The quantitative estimate of drug-likeness (QED) is 0.575. The van der Waals surface area contributed by atoms with E-state index in [0.717, 1.165) is 11.3 Å². The average Bonchev–Trinajstić information content (AvgIpc) is 3.56. The molecule has 1 amide bonds. The van der Waals surface area contributed by atoms with E-state index in [9.17, 15) is 4.79 Å². The van der Waals surface area contributed by atoms with Gasteiger partial charge >= 0.3 is 0 Å². The van der Waals surface area contributed by atoms with Gasteiger partial charge in [-0.15, -0.1) is 5.10 Å². The standard InChI is InChI=1S/C23H26N6O4/c1-28(2)16-10-8-15(9-11-16)23-25-26-27-29(23)19-13-33-21-18(12-32-22(19)21)24-20(30)14-31-17-6-4-3-5-7-17/h3-11,18-19,21-22H,12-14H2,1-2H3,(H,24,30)/t18-,19+,21-,22+/m0/s1. The minimum absolute atomic E-state index is 0.0680. The minimum atomic E-state index is -0.274. The molecule has 0 aliphatic carbocycles. The summed E-state index contributed by atoms with van der Waals surface area (Å²) in [5.74, 6) is 1.08. The molecule has 3 heterocycles. The number of amides is 1. The van der Waals surface area contributed by atoms with Gasteiger partial charge in [0.05, 0.1) is 19.3 Å². The summed E-state index contributed by atoms with van der Waals surface area (Å²) in [4.78, 5) is 14.4. The van der Waals surface area contributed by atoms with E-state index in [1.54, 1.807) is 4.68 Å². The monoisotopic (exact) mass is 450 g/mol. The number of nitrogens with zero attached hydrogens (tertiary/aromatic N) is 5. The molecule has 2 fully saturated rings. The van der Waals surface area contributed by atoms with E-state index in [1.165, 1.54) is 0 Å². The number of ether oxygens (including phenoxy) is 3. The number of benzene rings is 2. The van der Waals surface area contributed by atoms with Gasteiger partial charge in [0.15, 0.2) is 12.4 Å². The zero-order valence-corrected chi connectivity index (χ0v) is 18.5. The van der Waals surface area contributed by atoms with Crippen molar-refractivity contribution in [3.8, 4) is 17.1 Å². The molecule has 10 heteroatoms. The fourth-order valence-electron chi connectivity index (χ4n) is 4.24. The van der Waals surface area contributed by atoms with E-state index < -0.39 is 0 Å². The molecule has 2 aromatic carbocycles. The van der Waals surface area contributed by atoms with Gasteiger partial charge in [0.1, 0.15) is 24.0 Å². The molecule has 2 aliphatic rings. The maximum atomic E-state index is 12.4. The lowest BCUT2D eigenvalue weighted by molar-refractivity contribution is -0.124. The van der Waals surface area contributed by atoms with Crippen molar-refractivity contribution in [2.24, 2.45) is 0 Å². The fraction of sp³-hybridized carbons (Fsp3) is 0.391.